The minimum Gasteiger partial charge on any atom is -0.489 e. The van der Waals surface area contributed by atoms with Crippen molar-refractivity contribution in [1.82, 2.24) is 10.6 Å². The van der Waals surface area contributed by atoms with Gasteiger partial charge >= 0.3 is 0 Å². The molecule has 3 atom stereocenters. The summed E-state index contributed by atoms with van der Waals surface area (Å²) in [4.78, 5) is 25.6. The van der Waals surface area contributed by atoms with Gasteiger partial charge in [0.25, 0.3) is 5.91 Å². The molecular weight excluding hydrogens is 396 g/mol. The van der Waals surface area contributed by atoms with Gasteiger partial charge in [0.05, 0.1) is 25.4 Å². The zero-order valence-electron chi connectivity index (χ0n) is 17.9. The van der Waals surface area contributed by atoms with E-state index in [4.69, 9.17) is 9.47 Å². The molecular formula is C24H30N2O5. The fraction of sp³-hybridized carbons (Fsp3) is 0.417. The highest BCUT2D eigenvalue weighted by Gasteiger charge is 2.31. The molecule has 31 heavy (non-hydrogen) atoms. The van der Waals surface area contributed by atoms with Gasteiger partial charge in [-0.05, 0) is 36.1 Å². The average Bonchev–Trinajstić information content (AvgIpc) is 3.16. The average molecular weight is 427 g/mol. The lowest BCUT2D eigenvalue weighted by Gasteiger charge is -2.23. The minimum atomic E-state index is -0.738. The van der Waals surface area contributed by atoms with Crippen molar-refractivity contribution in [2.45, 2.75) is 45.1 Å². The van der Waals surface area contributed by atoms with Crippen molar-refractivity contribution in [3.05, 3.63) is 65.7 Å². The normalized spacial score (nSPS) is 19.1. The van der Waals surface area contributed by atoms with Crippen LogP contribution in [0.4, 0.5) is 0 Å². The predicted molar refractivity (Wildman–Crippen MR) is 117 cm³/mol. The standard InChI is InChI=1S/C24H30N2O5/c1-16(2)11-20(24(29)26-21-14-30-15-22(21)27)25-23(28)18-9-6-10-19(12-18)31-13-17-7-4-3-5-8-17/h3-10,12,16,20-22,27H,11,13-15H2,1-2H3,(H,25,28)(H,26,29)/t20-,21?,22?/m0/s1. The minimum absolute atomic E-state index is 0.196. The quantitative estimate of drug-likeness (QED) is 0.572. The Labute approximate surface area is 182 Å². The molecule has 0 spiro atoms. The number of nitrogens with one attached hydrogen (secondary N) is 2. The Morgan fingerprint density at radius 1 is 1.13 bits per heavy atom. The molecule has 7 nitrogen and oxygen atoms in total. The highest BCUT2D eigenvalue weighted by molar-refractivity contribution is 5.97. The smallest absolute Gasteiger partial charge is 0.252 e. The summed E-state index contributed by atoms with van der Waals surface area (Å²) in [5, 5.41) is 15.5. The van der Waals surface area contributed by atoms with E-state index in [0.717, 1.165) is 5.56 Å². The molecule has 0 bridgehead atoms. The molecule has 0 aromatic heterocycles. The van der Waals surface area contributed by atoms with Gasteiger partial charge in [0, 0.05) is 5.56 Å². The fourth-order valence-electron chi connectivity index (χ4n) is 3.38. The zero-order valence-corrected chi connectivity index (χ0v) is 17.9. The molecule has 3 rings (SSSR count). The molecule has 166 valence electrons. The number of aliphatic hydroxyl groups is 1. The molecule has 1 saturated heterocycles. The number of carbonyl (C=O) groups excluding carboxylic acids is 2. The van der Waals surface area contributed by atoms with Gasteiger partial charge in [0.15, 0.2) is 0 Å². The third kappa shape index (κ3) is 6.80. The van der Waals surface area contributed by atoms with E-state index in [0.29, 0.717) is 24.3 Å². The molecule has 2 amide bonds. The van der Waals surface area contributed by atoms with E-state index in [1.165, 1.54) is 0 Å². The van der Waals surface area contributed by atoms with Gasteiger partial charge < -0.3 is 25.2 Å². The van der Waals surface area contributed by atoms with Crippen molar-refractivity contribution in [2.24, 2.45) is 5.92 Å². The van der Waals surface area contributed by atoms with E-state index in [1.807, 2.05) is 44.2 Å². The van der Waals surface area contributed by atoms with E-state index < -0.39 is 18.2 Å². The van der Waals surface area contributed by atoms with Crippen LogP contribution in [0.3, 0.4) is 0 Å². The topological polar surface area (TPSA) is 96.9 Å². The lowest BCUT2D eigenvalue weighted by molar-refractivity contribution is -0.124. The number of hydrogen-bond donors (Lipinski definition) is 3. The van der Waals surface area contributed by atoms with Crippen LogP contribution in [0.2, 0.25) is 0 Å². The van der Waals surface area contributed by atoms with Crippen LogP contribution in [-0.2, 0) is 16.1 Å². The van der Waals surface area contributed by atoms with Crippen LogP contribution in [0.15, 0.2) is 54.6 Å². The van der Waals surface area contributed by atoms with E-state index in [2.05, 4.69) is 10.6 Å². The molecule has 2 unspecified atom stereocenters. The SMILES string of the molecule is CC(C)C[C@H](NC(=O)c1cccc(OCc2ccccc2)c1)C(=O)NC1COCC1O. The first-order valence-corrected chi connectivity index (χ1v) is 10.6. The van der Waals surface area contributed by atoms with E-state index >= 15 is 0 Å². The van der Waals surface area contributed by atoms with Crippen molar-refractivity contribution in [2.75, 3.05) is 13.2 Å². The zero-order chi connectivity index (χ0) is 22.2. The van der Waals surface area contributed by atoms with E-state index in [1.54, 1.807) is 24.3 Å². The van der Waals surface area contributed by atoms with Crippen LogP contribution in [-0.4, -0.2) is 48.3 Å². The third-order valence-corrected chi connectivity index (χ3v) is 5.05. The number of amides is 2. The van der Waals surface area contributed by atoms with Crippen molar-refractivity contribution < 1.29 is 24.2 Å². The van der Waals surface area contributed by atoms with Gasteiger partial charge in [-0.25, -0.2) is 0 Å². The Morgan fingerprint density at radius 3 is 2.58 bits per heavy atom. The summed E-state index contributed by atoms with van der Waals surface area (Å²) >= 11 is 0. The highest BCUT2D eigenvalue weighted by Crippen LogP contribution is 2.16. The first-order valence-electron chi connectivity index (χ1n) is 10.6. The van der Waals surface area contributed by atoms with Gasteiger partial charge in [-0.15, -0.1) is 0 Å². The van der Waals surface area contributed by atoms with Crippen LogP contribution in [0.1, 0.15) is 36.2 Å². The summed E-state index contributed by atoms with van der Waals surface area (Å²) in [6.07, 6.45) is -0.261. The van der Waals surface area contributed by atoms with Crippen LogP contribution < -0.4 is 15.4 Å². The Morgan fingerprint density at radius 2 is 1.90 bits per heavy atom. The Hall–Kier alpha value is -2.90. The summed E-state index contributed by atoms with van der Waals surface area (Å²) in [6.45, 7) is 4.82. The number of carbonyl (C=O) groups is 2. The third-order valence-electron chi connectivity index (χ3n) is 5.05. The van der Waals surface area contributed by atoms with Gasteiger partial charge in [-0.2, -0.15) is 0 Å². The molecule has 2 aromatic carbocycles. The lowest BCUT2D eigenvalue weighted by Crippen LogP contribution is -2.52. The maximum Gasteiger partial charge on any atom is 0.252 e. The van der Waals surface area contributed by atoms with Crippen LogP contribution in [0.5, 0.6) is 5.75 Å². The van der Waals surface area contributed by atoms with Crippen molar-refractivity contribution in [1.29, 1.82) is 0 Å². The summed E-state index contributed by atoms with van der Waals surface area (Å²) < 4.78 is 11.0. The number of ether oxygens (including phenoxy) is 2. The van der Waals surface area contributed by atoms with Crippen molar-refractivity contribution in [3.8, 4) is 5.75 Å². The highest BCUT2D eigenvalue weighted by atomic mass is 16.5. The molecule has 0 radical (unpaired) electrons. The van der Waals surface area contributed by atoms with Gasteiger partial charge in [-0.3, -0.25) is 9.59 Å². The Balaban J connectivity index is 1.63. The van der Waals surface area contributed by atoms with E-state index in [-0.39, 0.29) is 30.9 Å². The maximum atomic E-state index is 12.8. The van der Waals surface area contributed by atoms with Gasteiger partial charge in [0.1, 0.15) is 18.4 Å². The lowest BCUT2D eigenvalue weighted by atomic mass is 10.0. The second kappa shape index (κ2) is 10.9. The number of benzene rings is 2. The van der Waals surface area contributed by atoms with Crippen molar-refractivity contribution >= 4 is 11.8 Å². The first kappa shape index (κ1) is 22.8. The summed E-state index contributed by atoms with van der Waals surface area (Å²) in [5.41, 5.74) is 1.44. The maximum absolute atomic E-state index is 12.8. The monoisotopic (exact) mass is 426 g/mol. The molecule has 0 aliphatic carbocycles. The van der Waals surface area contributed by atoms with Gasteiger partial charge in [-0.1, -0.05) is 50.2 Å². The summed E-state index contributed by atoms with van der Waals surface area (Å²) in [6, 6.07) is 15.5. The predicted octanol–water partition coefficient (Wildman–Crippen LogP) is 2.29. The van der Waals surface area contributed by atoms with E-state index in [9.17, 15) is 14.7 Å². The molecule has 0 saturated carbocycles. The molecule has 2 aromatic rings. The molecule has 1 heterocycles. The Kier molecular flexibility index (Phi) is 8.03. The fourth-order valence-corrected chi connectivity index (χ4v) is 3.38. The number of rotatable bonds is 9. The number of hydrogen-bond acceptors (Lipinski definition) is 5. The largest absolute Gasteiger partial charge is 0.489 e. The molecule has 7 heteroatoms. The van der Waals surface area contributed by atoms with Crippen molar-refractivity contribution in [3.63, 3.8) is 0 Å². The molecule has 1 fully saturated rings. The second-order valence-electron chi connectivity index (χ2n) is 8.18. The van der Waals surface area contributed by atoms with Gasteiger partial charge in [0.2, 0.25) is 5.91 Å². The van der Waals surface area contributed by atoms with Crippen LogP contribution >= 0.6 is 0 Å². The first-order chi connectivity index (χ1) is 14.9. The van der Waals surface area contributed by atoms with Crippen LogP contribution in [0.25, 0.3) is 0 Å². The molecule has 3 N–H and O–H groups in total. The molecule has 1 aliphatic heterocycles. The summed E-state index contributed by atoms with van der Waals surface area (Å²) in [7, 11) is 0. The Bertz CT molecular complexity index is 871. The summed E-state index contributed by atoms with van der Waals surface area (Å²) in [5.74, 6) is 0.0937. The number of aliphatic hydroxyl groups excluding tert-OH is 1. The van der Waals surface area contributed by atoms with Crippen LogP contribution in [0, 0.1) is 5.92 Å². The second-order valence-corrected chi connectivity index (χ2v) is 8.18. The molecule has 1 aliphatic rings.